The predicted octanol–water partition coefficient (Wildman–Crippen LogP) is 3.13. The number of hydrogen-bond acceptors (Lipinski definition) is 5. The van der Waals surface area contributed by atoms with Crippen molar-refractivity contribution in [3.8, 4) is 0 Å². The summed E-state index contributed by atoms with van der Waals surface area (Å²) in [4.78, 5) is 29.4. The van der Waals surface area contributed by atoms with Gasteiger partial charge in [0.25, 0.3) is 5.91 Å². The molecule has 1 heterocycles. The number of amides is 2. The van der Waals surface area contributed by atoms with Crippen molar-refractivity contribution < 1.29 is 18.0 Å². The molecule has 182 valence electrons. The number of carbonyl (C=O) groups is 2. The lowest BCUT2D eigenvalue weighted by Gasteiger charge is -2.36. The van der Waals surface area contributed by atoms with Gasteiger partial charge in [-0.05, 0) is 42.0 Å². The molecule has 1 aliphatic heterocycles. The first-order chi connectivity index (χ1) is 16.9. The van der Waals surface area contributed by atoms with Crippen molar-refractivity contribution in [1.29, 1.82) is 0 Å². The Bertz CT molecular complexity index is 1240. The van der Waals surface area contributed by atoms with Crippen LogP contribution in [0.5, 0.6) is 0 Å². The van der Waals surface area contributed by atoms with Crippen molar-refractivity contribution >= 4 is 27.3 Å². The van der Waals surface area contributed by atoms with E-state index in [1.54, 1.807) is 54.6 Å². The van der Waals surface area contributed by atoms with Crippen LogP contribution in [0.3, 0.4) is 0 Å². The number of nitrogens with one attached hydrogen (secondary N) is 1. The molecule has 0 bridgehead atoms. The first-order valence-corrected chi connectivity index (χ1v) is 13.3. The van der Waals surface area contributed by atoms with Crippen LogP contribution in [0.25, 0.3) is 0 Å². The van der Waals surface area contributed by atoms with Crippen molar-refractivity contribution in [3.05, 3.63) is 96.1 Å². The fourth-order valence-electron chi connectivity index (χ4n) is 4.08. The Morgan fingerprint density at radius 2 is 1.37 bits per heavy atom. The van der Waals surface area contributed by atoms with E-state index >= 15 is 0 Å². The van der Waals surface area contributed by atoms with E-state index in [-0.39, 0.29) is 35.4 Å². The van der Waals surface area contributed by atoms with Gasteiger partial charge in [0.2, 0.25) is 5.91 Å². The summed E-state index contributed by atoms with van der Waals surface area (Å²) in [5.41, 5.74) is 2.19. The zero-order valence-corrected chi connectivity index (χ0v) is 20.3. The highest BCUT2D eigenvalue weighted by molar-refractivity contribution is 7.90. The summed E-state index contributed by atoms with van der Waals surface area (Å²) < 4.78 is 25.1. The fourth-order valence-corrected chi connectivity index (χ4v) is 5.45. The summed E-state index contributed by atoms with van der Waals surface area (Å²) in [5, 5.41) is 2.78. The van der Waals surface area contributed by atoms with Gasteiger partial charge in [-0.15, -0.1) is 0 Å². The van der Waals surface area contributed by atoms with E-state index in [0.29, 0.717) is 24.2 Å². The van der Waals surface area contributed by atoms with E-state index in [0.717, 1.165) is 18.8 Å². The summed E-state index contributed by atoms with van der Waals surface area (Å²) in [5.74, 6) is -0.394. The highest BCUT2D eigenvalue weighted by Crippen LogP contribution is 2.17. The maximum Gasteiger partial charge on any atom is 0.251 e. The minimum atomic E-state index is -3.45. The van der Waals surface area contributed by atoms with Crippen molar-refractivity contribution in [2.45, 2.75) is 17.1 Å². The van der Waals surface area contributed by atoms with E-state index in [2.05, 4.69) is 22.3 Å². The largest absolute Gasteiger partial charge is 0.368 e. The highest BCUT2D eigenvalue weighted by Gasteiger charge is 2.21. The Kier molecular flexibility index (Phi) is 7.82. The molecule has 0 spiro atoms. The Hall–Kier alpha value is -3.65. The topological polar surface area (TPSA) is 86.8 Å². The molecule has 1 N–H and O–H groups in total. The number of sulfone groups is 1. The second-order valence-corrected chi connectivity index (χ2v) is 10.5. The standard InChI is InChI=1S/C27H29N3O4S/c31-26(30-19-17-29(18-20-30)24-7-3-1-4-8-24)15-16-28-27(32)23-13-11-22(12-14-23)21-35(33,34)25-9-5-2-6-10-25/h1-14H,15-21H2,(H,28,32). The van der Waals surface area contributed by atoms with Gasteiger partial charge in [-0.3, -0.25) is 9.59 Å². The summed E-state index contributed by atoms with van der Waals surface area (Å²) in [7, 11) is -3.45. The van der Waals surface area contributed by atoms with Crippen LogP contribution < -0.4 is 10.2 Å². The maximum atomic E-state index is 12.6. The van der Waals surface area contributed by atoms with Gasteiger partial charge in [0.15, 0.2) is 9.84 Å². The van der Waals surface area contributed by atoms with Crippen molar-refractivity contribution in [3.63, 3.8) is 0 Å². The van der Waals surface area contributed by atoms with Gasteiger partial charge >= 0.3 is 0 Å². The van der Waals surface area contributed by atoms with Gasteiger partial charge in [-0.25, -0.2) is 8.42 Å². The van der Waals surface area contributed by atoms with Gasteiger partial charge in [-0.1, -0.05) is 48.5 Å². The summed E-state index contributed by atoms with van der Waals surface area (Å²) in [6, 6.07) is 24.9. The minimum Gasteiger partial charge on any atom is -0.368 e. The Morgan fingerprint density at radius 3 is 2.00 bits per heavy atom. The van der Waals surface area contributed by atoms with E-state index in [1.807, 2.05) is 23.1 Å². The third kappa shape index (κ3) is 6.48. The minimum absolute atomic E-state index is 0.0273. The zero-order chi connectivity index (χ0) is 24.7. The molecule has 7 nitrogen and oxygen atoms in total. The third-order valence-electron chi connectivity index (χ3n) is 6.05. The van der Waals surface area contributed by atoms with Crippen LogP contribution in [0.4, 0.5) is 5.69 Å². The molecule has 3 aromatic rings. The van der Waals surface area contributed by atoms with Crippen LogP contribution in [-0.4, -0.2) is 57.9 Å². The van der Waals surface area contributed by atoms with Crippen molar-refractivity contribution in [2.24, 2.45) is 0 Å². The summed E-state index contributed by atoms with van der Waals surface area (Å²) in [6.45, 7) is 3.15. The molecule has 0 atom stereocenters. The lowest BCUT2D eigenvalue weighted by molar-refractivity contribution is -0.131. The van der Waals surface area contributed by atoms with Gasteiger partial charge in [0, 0.05) is 50.4 Å². The van der Waals surface area contributed by atoms with Gasteiger partial charge in [0.1, 0.15) is 0 Å². The Labute approximate surface area is 206 Å². The highest BCUT2D eigenvalue weighted by atomic mass is 32.2. The van der Waals surface area contributed by atoms with Crippen LogP contribution in [0.2, 0.25) is 0 Å². The predicted molar refractivity (Wildman–Crippen MR) is 136 cm³/mol. The van der Waals surface area contributed by atoms with E-state index in [1.165, 1.54) is 0 Å². The molecule has 1 aliphatic rings. The summed E-state index contributed by atoms with van der Waals surface area (Å²) >= 11 is 0. The quantitative estimate of drug-likeness (QED) is 0.523. The molecule has 3 aromatic carbocycles. The molecule has 1 saturated heterocycles. The third-order valence-corrected chi connectivity index (χ3v) is 7.76. The Morgan fingerprint density at radius 1 is 0.771 bits per heavy atom. The average Bonchev–Trinajstić information content (AvgIpc) is 2.90. The van der Waals surface area contributed by atoms with Crippen LogP contribution in [0.15, 0.2) is 89.8 Å². The van der Waals surface area contributed by atoms with E-state index in [9.17, 15) is 18.0 Å². The number of para-hydroxylation sites is 1. The number of nitrogens with zero attached hydrogens (tertiary/aromatic N) is 2. The molecule has 0 aromatic heterocycles. The monoisotopic (exact) mass is 491 g/mol. The van der Waals surface area contributed by atoms with E-state index < -0.39 is 9.84 Å². The van der Waals surface area contributed by atoms with Crippen molar-refractivity contribution in [1.82, 2.24) is 10.2 Å². The SMILES string of the molecule is O=C(NCCC(=O)N1CCN(c2ccccc2)CC1)c1ccc(CS(=O)(=O)c2ccccc2)cc1. The first-order valence-electron chi connectivity index (χ1n) is 11.6. The molecule has 4 rings (SSSR count). The second-order valence-electron chi connectivity index (χ2n) is 8.48. The zero-order valence-electron chi connectivity index (χ0n) is 19.5. The van der Waals surface area contributed by atoms with Crippen LogP contribution in [0, 0.1) is 0 Å². The summed E-state index contributed by atoms with van der Waals surface area (Å²) in [6.07, 6.45) is 0.241. The normalized spacial score (nSPS) is 13.9. The van der Waals surface area contributed by atoms with E-state index in [4.69, 9.17) is 0 Å². The number of piperazine rings is 1. The molecule has 0 aliphatic carbocycles. The smallest absolute Gasteiger partial charge is 0.251 e. The van der Waals surface area contributed by atoms with Crippen LogP contribution in [0.1, 0.15) is 22.3 Å². The molecular weight excluding hydrogens is 462 g/mol. The van der Waals surface area contributed by atoms with Crippen molar-refractivity contribution in [2.75, 3.05) is 37.6 Å². The molecule has 2 amide bonds. The molecule has 35 heavy (non-hydrogen) atoms. The fraction of sp³-hybridized carbons (Fsp3) is 0.259. The molecule has 0 radical (unpaired) electrons. The number of anilines is 1. The van der Waals surface area contributed by atoms with Crippen LogP contribution >= 0.6 is 0 Å². The van der Waals surface area contributed by atoms with Gasteiger partial charge < -0.3 is 15.1 Å². The Balaban J connectivity index is 1.21. The maximum absolute atomic E-state index is 12.6. The first kappa shape index (κ1) is 24.5. The number of hydrogen-bond donors (Lipinski definition) is 1. The number of benzene rings is 3. The lowest BCUT2D eigenvalue weighted by Crippen LogP contribution is -2.49. The van der Waals surface area contributed by atoms with Gasteiger partial charge in [-0.2, -0.15) is 0 Å². The second kappa shape index (κ2) is 11.2. The number of carbonyl (C=O) groups excluding carboxylic acids is 2. The average molecular weight is 492 g/mol. The number of rotatable bonds is 8. The lowest BCUT2D eigenvalue weighted by atomic mass is 10.1. The molecule has 0 saturated carbocycles. The molecule has 8 heteroatoms. The van der Waals surface area contributed by atoms with Gasteiger partial charge in [0.05, 0.1) is 10.6 Å². The molecular formula is C27H29N3O4S. The molecule has 1 fully saturated rings. The van der Waals surface area contributed by atoms with Crippen LogP contribution in [-0.2, 0) is 20.4 Å². The molecule has 0 unspecified atom stereocenters.